The standard InChI is InChI=1S/C16H28N6O.HI/c17-16(19-12-13-6-5-11-23-13)18-9-4-8-15-21-20-14-7-2-1-3-10-22(14)15;/h13H,1-12H2,(H3,17,18,19);1H. The fourth-order valence-corrected chi connectivity index (χ4v) is 3.24. The first kappa shape index (κ1) is 19.4. The molecule has 1 atom stereocenters. The molecule has 24 heavy (non-hydrogen) atoms. The van der Waals surface area contributed by atoms with Gasteiger partial charge in [0.15, 0.2) is 5.96 Å². The zero-order valence-electron chi connectivity index (χ0n) is 14.2. The van der Waals surface area contributed by atoms with Gasteiger partial charge in [-0.1, -0.05) is 6.42 Å². The van der Waals surface area contributed by atoms with Gasteiger partial charge >= 0.3 is 0 Å². The van der Waals surface area contributed by atoms with Crippen LogP contribution in [0.25, 0.3) is 0 Å². The van der Waals surface area contributed by atoms with E-state index in [1.54, 1.807) is 0 Å². The molecule has 1 aromatic heterocycles. The van der Waals surface area contributed by atoms with Gasteiger partial charge in [0.05, 0.1) is 12.6 Å². The summed E-state index contributed by atoms with van der Waals surface area (Å²) in [6.45, 7) is 3.39. The number of ether oxygens (including phenoxy) is 1. The summed E-state index contributed by atoms with van der Waals surface area (Å²) >= 11 is 0. The Bertz CT molecular complexity index is 527. The van der Waals surface area contributed by atoms with Gasteiger partial charge in [-0.2, -0.15) is 0 Å². The summed E-state index contributed by atoms with van der Waals surface area (Å²) in [5.41, 5.74) is 5.89. The molecule has 1 aromatic rings. The van der Waals surface area contributed by atoms with E-state index >= 15 is 0 Å². The van der Waals surface area contributed by atoms with E-state index in [4.69, 9.17) is 10.5 Å². The third-order valence-electron chi connectivity index (χ3n) is 4.56. The van der Waals surface area contributed by atoms with Crippen LogP contribution in [0.3, 0.4) is 0 Å². The van der Waals surface area contributed by atoms with Crippen molar-refractivity contribution in [2.24, 2.45) is 10.7 Å². The topological polar surface area (TPSA) is 90.3 Å². The number of hydrogen-bond acceptors (Lipinski definition) is 4. The molecule has 2 aliphatic rings. The van der Waals surface area contributed by atoms with E-state index in [1.807, 2.05) is 0 Å². The lowest BCUT2D eigenvalue weighted by molar-refractivity contribution is 0.118. The molecule has 1 saturated heterocycles. The Morgan fingerprint density at radius 2 is 2.21 bits per heavy atom. The van der Waals surface area contributed by atoms with Crippen LogP contribution in [0, 0.1) is 0 Å². The first-order chi connectivity index (χ1) is 11.3. The highest BCUT2D eigenvalue weighted by Crippen LogP contribution is 2.15. The second-order valence-corrected chi connectivity index (χ2v) is 6.39. The zero-order chi connectivity index (χ0) is 15.9. The molecular weight excluding hydrogens is 419 g/mol. The second kappa shape index (κ2) is 10.2. The van der Waals surface area contributed by atoms with Gasteiger partial charge in [0, 0.05) is 32.5 Å². The van der Waals surface area contributed by atoms with Crippen molar-refractivity contribution in [3.63, 3.8) is 0 Å². The number of aliphatic imine (C=N–C) groups is 1. The molecule has 8 heteroatoms. The van der Waals surface area contributed by atoms with E-state index in [-0.39, 0.29) is 30.1 Å². The van der Waals surface area contributed by atoms with Crippen LogP contribution in [0.4, 0.5) is 0 Å². The number of aryl methyl sites for hydroxylation is 2. The van der Waals surface area contributed by atoms with E-state index in [2.05, 4.69) is 25.1 Å². The number of aromatic nitrogens is 3. The Hall–Kier alpha value is -0.900. The van der Waals surface area contributed by atoms with Crippen LogP contribution in [0.2, 0.25) is 0 Å². The molecule has 136 valence electrons. The van der Waals surface area contributed by atoms with Crippen LogP contribution in [0.15, 0.2) is 4.99 Å². The minimum Gasteiger partial charge on any atom is -0.376 e. The monoisotopic (exact) mass is 448 g/mol. The van der Waals surface area contributed by atoms with Crippen molar-refractivity contribution < 1.29 is 4.74 Å². The highest BCUT2D eigenvalue weighted by atomic mass is 127. The summed E-state index contributed by atoms with van der Waals surface area (Å²) in [6.07, 6.45) is 9.21. The lowest BCUT2D eigenvalue weighted by Crippen LogP contribution is -2.33. The molecule has 0 spiro atoms. The first-order valence-electron chi connectivity index (χ1n) is 8.89. The fraction of sp³-hybridized carbons (Fsp3) is 0.812. The zero-order valence-corrected chi connectivity index (χ0v) is 16.6. The van der Waals surface area contributed by atoms with Gasteiger partial charge in [-0.3, -0.25) is 4.99 Å². The smallest absolute Gasteiger partial charge is 0.188 e. The Morgan fingerprint density at radius 3 is 3.04 bits per heavy atom. The number of rotatable bonds is 6. The summed E-state index contributed by atoms with van der Waals surface area (Å²) in [5.74, 6) is 2.78. The molecule has 3 rings (SSSR count). The molecule has 0 amide bonds. The van der Waals surface area contributed by atoms with Crippen molar-refractivity contribution in [1.82, 2.24) is 20.1 Å². The third-order valence-corrected chi connectivity index (χ3v) is 4.56. The van der Waals surface area contributed by atoms with Crippen LogP contribution >= 0.6 is 24.0 Å². The van der Waals surface area contributed by atoms with E-state index in [0.29, 0.717) is 12.5 Å². The molecule has 0 bridgehead atoms. The van der Waals surface area contributed by atoms with E-state index in [1.165, 1.54) is 19.3 Å². The van der Waals surface area contributed by atoms with E-state index in [9.17, 15) is 0 Å². The highest BCUT2D eigenvalue weighted by molar-refractivity contribution is 14.0. The lowest BCUT2D eigenvalue weighted by atomic mass is 10.2. The van der Waals surface area contributed by atoms with Crippen molar-refractivity contribution in [1.29, 1.82) is 0 Å². The molecule has 0 radical (unpaired) electrons. The molecule has 3 N–H and O–H groups in total. The highest BCUT2D eigenvalue weighted by Gasteiger charge is 2.15. The molecule has 7 nitrogen and oxygen atoms in total. The predicted octanol–water partition coefficient (Wildman–Crippen LogP) is 1.64. The first-order valence-corrected chi connectivity index (χ1v) is 8.89. The maximum atomic E-state index is 5.89. The number of nitrogens with two attached hydrogens (primary N) is 1. The Labute approximate surface area is 160 Å². The Morgan fingerprint density at radius 1 is 1.29 bits per heavy atom. The van der Waals surface area contributed by atoms with Gasteiger partial charge in [-0.05, 0) is 32.1 Å². The summed E-state index contributed by atoms with van der Waals surface area (Å²) in [5, 5.41) is 11.9. The van der Waals surface area contributed by atoms with Gasteiger partial charge < -0.3 is 20.4 Å². The van der Waals surface area contributed by atoms with Gasteiger partial charge in [0.2, 0.25) is 0 Å². The number of hydrogen-bond donors (Lipinski definition) is 2. The van der Waals surface area contributed by atoms with E-state index < -0.39 is 0 Å². The van der Waals surface area contributed by atoms with Crippen molar-refractivity contribution >= 4 is 29.9 Å². The number of fused-ring (bicyclic) bond motifs is 1. The summed E-state index contributed by atoms with van der Waals surface area (Å²) < 4.78 is 7.84. The number of nitrogens with one attached hydrogen (secondary N) is 1. The van der Waals surface area contributed by atoms with Crippen LogP contribution in [-0.4, -0.2) is 46.5 Å². The molecule has 0 saturated carbocycles. The molecule has 0 aliphatic carbocycles. The maximum Gasteiger partial charge on any atom is 0.188 e. The number of nitrogens with zero attached hydrogens (tertiary/aromatic N) is 4. The molecule has 0 aromatic carbocycles. The van der Waals surface area contributed by atoms with E-state index in [0.717, 1.165) is 63.4 Å². The van der Waals surface area contributed by atoms with Crippen LogP contribution in [0.1, 0.15) is 50.2 Å². The van der Waals surface area contributed by atoms with Gasteiger partial charge in [0.1, 0.15) is 11.6 Å². The second-order valence-electron chi connectivity index (χ2n) is 6.39. The van der Waals surface area contributed by atoms with Crippen LogP contribution in [0.5, 0.6) is 0 Å². The van der Waals surface area contributed by atoms with Gasteiger partial charge in [-0.15, -0.1) is 34.2 Å². The van der Waals surface area contributed by atoms with Gasteiger partial charge in [0.25, 0.3) is 0 Å². The number of halogens is 1. The van der Waals surface area contributed by atoms with Gasteiger partial charge in [-0.25, -0.2) is 0 Å². The summed E-state index contributed by atoms with van der Waals surface area (Å²) in [7, 11) is 0. The Balaban J connectivity index is 0.00000208. The quantitative estimate of drug-likeness (QED) is 0.299. The Kier molecular flexibility index (Phi) is 8.23. The molecular formula is C16H29IN6O. The van der Waals surface area contributed by atoms with Crippen LogP contribution in [-0.2, 0) is 24.1 Å². The van der Waals surface area contributed by atoms with Crippen molar-refractivity contribution in [2.45, 2.75) is 64.0 Å². The van der Waals surface area contributed by atoms with Crippen molar-refractivity contribution in [3.8, 4) is 0 Å². The van der Waals surface area contributed by atoms with Crippen molar-refractivity contribution in [2.75, 3.05) is 19.7 Å². The average molecular weight is 448 g/mol. The SMILES string of the molecule is I.NC(=NCC1CCCO1)NCCCc1nnc2n1CCCCC2. The fourth-order valence-electron chi connectivity index (χ4n) is 3.24. The van der Waals surface area contributed by atoms with Crippen LogP contribution < -0.4 is 11.1 Å². The normalized spacial score (nSPS) is 21.0. The minimum absolute atomic E-state index is 0. The molecule has 1 unspecified atom stereocenters. The molecule has 3 heterocycles. The summed E-state index contributed by atoms with van der Waals surface area (Å²) in [6, 6.07) is 0. The number of guanidine groups is 1. The minimum atomic E-state index is 0. The maximum absolute atomic E-state index is 5.89. The van der Waals surface area contributed by atoms with Crippen molar-refractivity contribution in [3.05, 3.63) is 11.6 Å². The summed E-state index contributed by atoms with van der Waals surface area (Å²) in [4.78, 5) is 4.35. The predicted molar refractivity (Wildman–Crippen MR) is 105 cm³/mol. The largest absolute Gasteiger partial charge is 0.376 e. The average Bonchev–Trinajstić information content (AvgIpc) is 3.15. The molecule has 2 aliphatic heterocycles. The lowest BCUT2D eigenvalue weighted by Gasteiger charge is -2.09. The third kappa shape index (κ3) is 5.58. The molecule has 1 fully saturated rings.